The third kappa shape index (κ3) is 16.7. The number of benzene rings is 4. The minimum Gasteiger partial charge on any atom is -0.508 e. The standard InChI is InChI=1S/C23H31NO5.C17H20O4.C6H12ClNO/c1-26-22-9-7-18(16-23(22)27-2)6-8-21(25)19-4-3-5-20(17-19)29-15-12-24-10-13-28-14-11-24;1-20-16-9-7-12(10-17(16)21-2)6-8-15(19)13-4-3-5-14(18)11-13;7-1-2-8-3-5-9-6-4-8/h3-5,7,9,16-17,21,25H,6,8,10-15H2,1-2H3;3-5,7,9-11,15,18-19H,6,8H2,1-2H3;1-6H2/t21-;15-;/m00./s1. The first-order valence-electron chi connectivity index (χ1n) is 20.2. The number of hydrogen-bond acceptors (Lipinski definition) is 12. The van der Waals surface area contributed by atoms with Crippen molar-refractivity contribution in [3.63, 3.8) is 0 Å². The lowest BCUT2D eigenvalue weighted by atomic mass is 10.0. The number of hydrogen-bond donors (Lipinski definition) is 3. The Kier molecular flexibility index (Phi) is 21.5. The van der Waals surface area contributed by atoms with Gasteiger partial charge in [0.05, 0.1) is 67.1 Å². The number of halogens is 1. The number of aliphatic hydroxyl groups excluding tert-OH is 2. The van der Waals surface area contributed by atoms with Crippen molar-refractivity contribution in [2.75, 3.05) is 107 Å². The summed E-state index contributed by atoms with van der Waals surface area (Å²) in [4.78, 5) is 4.65. The Hall–Kier alpha value is -4.27. The van der Waals surface area contributed by atoms with Crippen LogP contribution in [0.1, 0.15) is 47.3 Å². The van der Waals surface area contributed by atoms with Crippen LogP contribution < -0.4 is 23.7 Å². The molecule has 0 amide bonds. The normalized spacial score (nSPS) is 15.4. The molecule has 0 unspecified atom stereocenters. The summed E-state index contributed by atoms with van der Waals surface area (Å²) in [5, 5.41) is 30.2. The maximum atomic E-state index is 10.6. The third-order valence-electron chi connectivity index (χ3n) is 10.1. The zero-order valence-corrected chi connectivity index (χ0v) is 35.8. The van der Waals surface area contributed by atoms with Crippen molar-refractivity contribution >= 4 is 11.6 Å². The molecule has 4 aromatic rings. The van der Waals surface area contributed by atoms with Crippen molar-refractivity contribution in [2.24, 2.45) is 0 Å². The van der Waals surface area contributed by atoms with Gasteiger partial charge in [-0.25, -0.2) is 0 Å². The zero-order chi connectivity index (χ0) is 42.2. The molecular weight excluding hydrogens is 776 g/mol. The summed E-state index contributed by atoms with van der Waals surface area (Å²) in [5.74, 6) is 4.48. The van der Waals surface area contributed by atoms with Crippen molar-refractivity contribution in [3.05, 3.63) is 107 Å². The van der Waals surface area contributed by atoms with Gasteiger partial charge in [0.2, 0.25) is 0 Å². The van der Waals surface area contributed by atoms with Crippen LogP contribution in [-0.2, 0) is 22.3 Å². The molecule has 2 atom stereocenters. The second-order valence-electron chi connectivity index (χ2n) is 14.1. The van der Waals surface area contributed by atoms with Crippen LogP contribution in [0.25, 0.3) is 0 Å². The Morgan fingerprint density at radius 3 is 1.54 bits per heavy atom. The lowest BCUT2D eigenvalue weighted by Crippen LogP contribution is -2.38. The molecule has 2 aliphatic rings. The first-order chi connectivity index (χ1) is 28.8. The van der Waals surface area contributed by atoms with Gasteiger partial charge in [-0.2, -0.15) is 0 Å². The highest BCUT2D eigenvalue weighted by Crippen LogP contribution is 2.31. The van der Waals surface area contributed by atoms with Crippen molar-refractivity contribution in [3.8, 4) is 34.5 Å². The molecule has 6 rings (SSSR count). The van der Waals surface area contributed by atoms with Gasteiger partial charge >= 0.3 is 0 Å². The van der Waals surface area contributed by atoms with E-state index in [0.717, 1.165) is 106 Å². The molecule has 0 aliphatic carbocycles. The fourth-order valence-corrected chi connectivity index (χ4v) is 6.86. The van der Waals surface area contributed by atoms with Crippen LogP contribution in [0.2, 0.25) is 0 Å². The maximum absolute atomic E-state index is 10.6. The number of morpholine rings is 2. The van der Waals surface area contributed by atoms with E-state index in [9.17, 15) is 15.3 Å². The van der Waals surface area contributed by atoms with Gasteiger partial charge in [0.1, 0.15) is 18.1 Å². The smallest absolute Gasteiger partial charge is 0.160 e. The Morgan fingerprint density at radius 2 is 1.07 bits per heavy atom. The molecule has 59 heavy (non-hydrogen) atoms. The van der Waals surface area contributed by atoms with Crippen LogP contribution >= 0.6 is 11.6 Å². The molecule has 2 fully saturated rings. The number of ether oxygens (including phenoxy) is 7. The van der Waals surface area contributed by atoms with Crippen molar-refractivity contribution < 1.29 is 48.5 Å². The molecule has 3 N–H and O–H groups in total. The SMILES string of the molecule is COc1ccc(CC[C@H](O)c2cccc(O)c2)cc1OC.COc1ccc(CC[C@H](O)c2cccc(OCCN3CCOCC3)c2)cc1OC.ClCCN1CCOCC1. The lowest BCUT2D eigenvalue weighted by Gasteiger charge is -2.26. The summed E-state index contributed by atoms with van der Waals surface area (Å²) in [7, 11) is 6.45. The van der Waals surface area contributed by atoms with Gasteiger partial charge in [-0.05, 0) is 96.5 Å². The number of aryl methyl sites for hydroxylation is 2. The highest BCUT2D eigenvalue weighted by Gasteiger charge is 2.14. The summed E-state index contributed by atoms with van der Waals surface area (Å²) in [5.41, 5.74) is 3.75. The van der Waals surface area contributed by atoms with E-state index in [2.05, 4.69) is 9.80 Å². The predicted molar refractivity (Wildman–Crippen MR) is 231 cm³/mol. The largest absolute Gasteiger partial charge is 0.508 e. The third-order valence-corrected chi connectivity index (χ3v) is 10.3. The highest BCUT2D eigenvalue weighted by atomic mass is 35.5. The van der Waals surface area contributed by atoms with Gasteiger partial charge < -0.3 is 48.5 Å². The van der Waals surface area contributed by atoms with E-state index in [1.165, 1.54) is 0 Å². The van der Waals surface area contributed by atoms with Crippen molar-refractivity contribution in [1.29, 1.82) is 0 Å². The van der Waals surface area contributed by atoms with Gasteiger partial charge in [-0.15, -0.1) is 11.6 Å². The Bertz CT molecular complexity index is 1770. The van der Waals surface area contributed by atoms with Gasteiger partial charge in [0.25, 0.3) is 0 Å². The number of phenols is 1. The van der Waals surface area contributed by atoms with Crippen LogP contribution in [0.4, 0.5) is 0 Å². The number of nitrogens with zero attached hydrogens (tertiary/aromatic N) is 2. The molecule has 0 spiro atoms. The molecule has 4 aromatic carbocycles. The van der Waals surface area contributed by atoms with Crippen molar-refractivity contribution in [2.45, 2.75) is 37.9 Å². The van der Waals surface area contributed by atoms with Gasteiger partial charge in [0, 0.05) is 45.1 Å². The topological polar surface area (TPSA) is 132 Å². The Balaban J connectivity index is 0.000000222. The van der Waals surface area contributed by atoms with E-state index < -0.39 is 12.2 Å². The molecule has 12 nitrogen and oxygen atoms in total. The average Bonchev–Trinajstić information content (AvgIpc) is 3.28. The molecule has 2 saturated heterocycles. The van der Waals surface area contributed by atoms with E-state index in [1.54, 1.807) is 52.7 Å². The molecule has 0 bridgehead atoms. The molecule has 2 aliphatic heterocycles. The maximum Gasteiger partial charge on any atom is 0.160 e. The molecule has 2 heterocycles. The number of methoxy groups -OCH3 is 4. The fourth-order valence-electron chi connectivity index (χ4n) is 6.62. The molecule has 13 heteroatoms. The highest BCUT2D eigenvalue weighted by molar-refractivity contribution is 6.18. The van der Waals surface area contributed by atoms with Gasteiger partial charge in [-0.3, -0.25) is 9.80 Å². The summed E-state index contributed by atoms with van der Waals surface area (Å²) in [6.45, 7) is 9.86. The number of aliphatic hydroxyl groups is 2. The Labute approximate surface area is 355 Å². The van der Waals surface area contributed by atoms with Crippen LogP contribution in [0.15, 0.2) is 84.9 Å². The van der Waals surface area contributed by atoms with Crippen LogP contribution in [0.5, 0.6) is 34.5 Å². The number of phenolic OH excluding ortho intramolecular Hbond substituents is 1. The van der Waals surface area contributed by atoms with Gasteiger partial charge in [0.15, 0.2) is 23.0 Å². The average molecular weight is 839 g/mol. The molecular formula is C46H63ClN2O10. The van der Waals surface area contributed by atoms with Crippen molar-refractivity contribution in [1.82, 2.24) is 9.80 Å². The molecule has 324 valence electrons. The Morgan fingerprint density at radius 1 is 0.593 bits per heavy atom. The first kappa shape index (κ1) is 47.4. The van der Waals surface area contributed by atoms with E-state index in [1.807, 2.05) is 60.7 Å². The van der Waals surface area contributed by atoms with Crippen LogP contribution in [0, 0.1) is 0 Å². The zero-order valence-electron chi connectivity index (χ0n) is 35.0. The summed E-state index contributed by atoms with van der Waals surface area (Å²) < 4.78 is 37.5. The van der Waals surface area contributed by atoms with Crippen LogP contribution in [0.3, 0.4) is 0 Å². The monoisotopic (exact) mass is 838 g/mol. The summed E-state index contributed by atoms with van der Waals surface area (Å²) in [6.07, 6.45) is 1.48. The minimum absolute atomic E-state index is 0.165. The lowest BCUT2D eigenvalue weighted by molar-refractivity contribution is 0.0322. The number of aromatic hydroxyl groups is 1. The predicted octanol–water partition coefficient (Wildman–Crippen LogP) is 6.71. The quantitative estimate of drug-likeness (QED) is 0.0921. The summed E-state index contributed by atoms with van der Waals surface area (Å²) in [6, 6.07) is 26.0. The number of alkyl halides is 1. The van der Waals surface area contributed by atoms with E-state index >= 15 is 0 Å². The van der Waals surface area contributed by atoms with E-state index in [0.29, 0.717) is 48.9 Å². The molecule has 0 radical (unpaired) electrons. The second-order valence-corrected chi connectivity index (χ2v) is 14.5. The van der Waals surface area contributed by atoms with Gasteiger partial charge in [-0.1, -0.05) is 36.4 Å². The van der Waals surface area contributed by atoms with E-state index in [4.69, 9.17) is 44.8 Å². The summed E-state index contributed by atoms with van der Waals surface area (Å²) >= 11 is 5.55. The molecule has 0 saturated carbocycles. The first-order valence-corrected chi connectivity index (χ1v) is 20.8. The van der Waals surface area contributed by atoms with Crippen LogP contribution in [-0.4, -0.2) is 132 Å². The second kappa shape index (κ2) is 26.8. The van der Waals surface area contributed by atoms with E-state index in [-0.39, 0.29) is 5.75 Å². The molecule has 0 aromatic heterocycles. The number of rotatable bonds is 18. The fraction of sp³-hybridized carbons (Fsp3) is 0.478. The minimum atomic E-state index is -0.606.